The molecule has 1 unspecified atom stereocenters. The fourth-order valence-corrected chi connectivity index (χ4v) is 8.69. The lowest BCUT2D eigenvalue weighted by Crippen LogP contribution is -2.50. The summed E-state index contributed by atoms with van der Waals surface area (Å²) in [5.41, 5.74) is -0.426. The maximum atomic E-state index is 13.4. The van der Waals surface area contributed by atoms with Crippen molar-refractivity contribution in [3.63, 3.8) is 0 Å². The number of aromatic hydroxyl groups is 2. The number of cyclic esters (lactones) is 4. The predicted octanol–water partition coefficient (Wildman–Crippen LogP) is 6.96. The summed E-state index contributed by atoms with van der Waals surface area (Å²) in [7, 11) is 0. The zero-order valence-corrected chi connectivity index (χ0v) is 46.5. The van der Waals surface area contributed by atoms with Crippen molar-refractivity contribution in [1.82, 2.24) is 10.6 Å². The summed E-state index contributed by atoms with van der Waals surface area (Å²) >= 11 is 0. The molecule has 4 amide bonds. The van der Waals surface area contributed by atoms with Crippen LogP contribution in [0.4, 0.5) is 11.4 Å². The van der Waals surface area contributed by atoms with E-state index in [4.69, 9.17) is 28.4 Å². The first-order valence-corrected chi connectivity index (χ1v) is 26.9. The number of rotatable bonds is 24. The van der Waals surface area contributed by atoms with Crippen LogP contribution in [0.3, 0.4) is 0 Å². The van der Waals surface area contributed by atoms with Crippen molar-refractivity contribution in [3.8, 4) is 11.5 Å². The smallest absolute Gasteiger partial charge is 0.332 e. The molecule has 2 aromatic carbocycles. The molecule has 0 bridgehead atoms. The van der Waals surface area contributed by atoms with E-state index in [0.29, 0.717) is 44.9 Å². The summed E-state index contributed by atoms with van der Waals surface area (Å²) < 4.78 is 33.9. The highest BCUT2D eigenvalue weighted by atomic mass is 16.6. The molecule has 11 atom stereocenters. The molecular weight excluding hydrogens is 1020 g/mol. The molecule has 2 saturated heterocycles. The minimum atomic E-state index is -1.42. The van der Waals surface area contributed by atoms with Crippen LogP contribution >= 0.6 is 0 Å². The van der Waals surface area contributed by atoms with Crippen LogP contribution in [-0.4, -0.2) is 119 Å². The molecule has 0 aliphatic carbocycles. The van der Waals surface area contributed by atoms with E-state index in [0.717, 1.165) is 38.5 Å². The third kappa shape index (κ3) is 19.0. The fraction of sp³-hybridized carbons (Fsp3) is 0.607. The maximum Gasteiger partial charge on any atom is 0.332 e. The number of hydrogen-bond donors (Lipinski definition) is 6. The van der Waals surface area contributed by atoms with Gasteiger partial charge in [0.1, 0.15) is 24.4 Å². The molecule has 2 aliphatic heterocycles. The molecule has 0 radical (unpaired) electrons. The molecule has 22 nitrogen and oxygen atoms in total. The van der Waals surface area contributed by atoms with Gasteiger partial charge in [-0.3, -0.25) is 38.4 Å². The highest BCUT2D eigenvalue weighted by Crippen LogP contribution is 2.32. The number of benzene rings is 2. The van der Waals surface area contributed by atoms with Crippen molar-refractivity contribution in [1.29, 1.82) is 0 Å². The quantitative estimate of drug-likeness (QED) is 0.0203. The Morgan fingerprint density at radius 3 is 1.35 bits per heavy atom. The first-order chi connectivity index (χ1) is 37.0. The minimum absolute atomic E-state index is 0.000221. The number of nitrogens with one attached hydrogen (secondary N) is 4. The molecule has 2 aromatic rings. The number of hydrogen-bond acceptors (Lipinski definition) is 18. The largest absolute Gasteiger partial charge is 0.505 e. The van der Waals surface area contributed by atoms with E-state index in [9.17, 15) is 58.2 Å². The summed E-state index contributed by atoms with van der Waals surface area (Å²) in [6, 6.07) is 5.42. The van der Waals surface area contributed by atoms with Gasteiger partial charge in [0.15, 0.2) is 35.8 Å². The van der Waals surface area contributed by atoms with E-state index in [-0.39, 0.29) is 34.8 Å². The normalized spacial score (nSPS) is 23.8. The van der Waals surface area contributed by atoms with Gasteiger partial charge in [-0.1, -0.05) is 105 Å². The van der Waals surface area contributed by atoms with Gasteiger partial charge in [0.05, 0.1) is 40.3 Å². The zero-order chi connectivity index (χ0) is 58.2. The van der Waals surface area contributed by atoms with Gasteiger partial charge >= 0.3 is 35.8 Å². The van der Waals surface area contributed by atoms with Gasteiger partial charge in [-0.05, 0) is 77.1 Å². The number of carbonyl (C=O) groups is 10. The number of phenolic OH excluding ortho intramolecular Hbond substituents is 2. The number of amides is 4. The lowest BCUT2D eigenvalue weighted by molar-refractivity contribution is -0.177. The van der Waals surface area contributed by atoms with Crippen LogP contribution in [-0.2, 0) is 66.8 Å². The second-order valence-electron chi connectivity index (χ2n) is 20.1. The Kier molecular flexibility index (Phi) is 27.1. The van der Waals surface area contributed by atoms with Gasteiger partial charge in [0, 0.05) is 6.42 Å². The number of esters is 6. The number of unbranched alkanes of at least 4 members (excludes halogenated alkanes) is 6. The van der Waals surface area contributed by atoms with Gasteiger partial charge in [0.25, 0.3) is 11.8 Å². The Balaban J connectivity index is 0.000000410. The zero-order valence-electron chi connectivity index (χ0n) is 46.5. The monoisotopic (exact) mass is 1100 g/mol. The third-order valence-electron chi connectivity index (χ3n) is 13.4. The summed E-state index contributed by atoms with van der Waals surface area (Å²) in [4.78, 5) is 126. The third-order valence-corrected chi connectivity index (χ3v) is 13.4. The molecule has 22 heteroatoms. The van der Waals surface area contributed by atoms with E-state index < -0.39 is 126 Å². The molecule has 6 N–H and O–H groups in total. The SMILES string of the molecule is CCCCCC[C@H]1C(=O)O[C@H](C)[C@H](NC(=O)c2cccc(NC=O)c2O)C(=O)O[C@@H](C)[C@@H]1OC(=O)C(C)CC.CCCCCC[C@H]1C(=O)O[C@H](C)[C@H](NC(=O)c2cccc(NC=O)c2O)C(=O)O[C@@H](C)[C@@H]1OC(=O)CC(C)C. The van der Waals surface area contributed by atoms with Crippen LogP contribution in [0.5, 0.6) is 11.5 Å². The minimum Gasteiger partial charge on any atom is -0.505 e. The van der Waals surface area contributed by atoms with E-state index >= 15 is 0 Å². The van der Waals surface area contributed by atoms with Crippen molar-refractivity contribution in [2.75, 3.05) is 10.6 Å². The van der Waals surface area contributed by atoms with Gasteiger partial charge < -0.3 is 59.9 Å². The van der Waals surface area contributed by atoms with E-state index in [1.54, 1.807) is 6.92 Å². The van der Waals surface area contributed by atoms with E-state index in [1.165, 1.54) is 64.1 Å². The number of phenols is 2. The molecule has 2 aliphatic rings. The second-order valence-corrected chi connectivity index (χ2v) is 20.1. The average Bonchev–Trinajstić information content (AvgIpc) is 3.42. The van der Waals surface area contributed by atoms with E-state index in [2.05, 4.69) is 35.1 Å². The molecule has 0 aromatic heterocycles. The van der Waals surface area contributed by atoms with Crippen LogP contribution in [0.2, 0.25) is 0 Å². The summed E-state index contributed by atoms with van der Waals surface area (Å²) in [6.07, 6.45) is 2.74. The van der Waals surface area contributed by atoms with Gasteiger partial charge in [-0.15, -0.1) is 0 Å². The van der Waals surface area contributed by atoms with Crippen LogP contribution in [0.25, 0.3) is 0 Å². The number of para-hydroxylation sites is 2. The maximum absolute atomic E-state index is 13.4. The molecule has 4 rings (SSSR count). The van der Waals surface area contributed by atoms with Crippen LogP contribution in [0, 0.1) is 23.7 Å². The highest BCUT2D eigenvalue weighted by Gasteiger charge is 2.46. The lowest BCUT2D eigenvalue weighted by atomic mass is 9.91. The first-order valence-electron chi connectivity index (χ1n) is 26.9. The molecule has 2 heterocycles. The van der Waals surface area contributed by atoms with Crippen LogP contribution in [0.1, 0.15) is 167 Å². The Labute approximate surface area is 456 Å². The number of anilines is 2. The average molecular weight is 1100 g/mol. The summed E-state index contributed by atoms with van der Waals surface area (Å²) in [5.74, 6) is -8.96. The molecule has 78 heavy (non-hydrogen) atoms. The Morgan fingerprint density at radius 2 is 0.974 bits per heavy atom. The molecule has 432 valence electrons. The van der Waals surface area contributed by atoms with Crippen molar-refractivity contribution < 1.29 is 86.6 Å². The fourth-order valence-electron chi connectivity index (χ4n) is 8.69. The van der Waals surface area contributed by atoms with Crippen molar-refractivity contribution >= 4 is 71.8 Å². The first kappa shape index (κ1) is 65.0. The number of carbonyl (C=O) groups excluding carboxylic acids is 10. The van der Waals surface area contributed by atoms with Gasteiger partial charge in [-0.2, -0.15) is 0 Å². The summed E-state index contributed by atoms with van der Waals surface area (Å²) in [6.45, 7) is 17.4. The van der Waals surface area contributed by atoms with Crippen molar-refractivity contribution in [2.45, 2.75) is 195 Å². The second kappa shape index (κ2) is 32.5. The Morgan fingerprint density at radius 1 is 0.577 bits per heavy atom. The highest BCUT2D eigenvalue weighted by molar-refractivity contribution is 6.02. The standard InChI is InChI=1S/2C28H40N2O9/c1-6-7-8-9-11-20-25(39-22(32)14-16(2)3)18(5)38-28(36)23(17(4)37-27(20)35)30-26(34)19-12-10-13-21(24(19)33)29-15-31;1-6-8-9-10-12-20-24(39-26(34)16(3)7-2)18(5)38-28(36)22(17(4)37-27(20)35)30-25(33)19-13-11-14-21(23(19)32)29-15-31/h10,12-13,15-18,20,23,25,33H,6-9,11,14H2,1-5H3,(H,29,31)(H,30,34);11,13-18,20,22,24,32H,6-10,12H2,1-5H3,(H,29,31)(H,30,33)/t17-,18+,20-,23+,25+;16?,17-,18+,20-,22+,24+/m11/s1. The van der Waals surface area contributed by atoms with Gasteiger partial charge in [0.2, 0.25) is 12.8 Å². The summed E-state index contributed by atoms with van der Waals surface area (Å²) in [5, 5.41) is 30.3. The lowest BCUT2D eigenvalue weighted by Gasteiger charge is -2.30. The number of ether oxygens (including phenoxy) is 6. The van der Waals surface area contributed by atoms with E-state index in [1.807, 2.05) is 20.8 Å². The Bertz CT molecular complexity index is 2380. The van der Waals surface area contributed by atoms with Gasteiger partial charge in [-0.25, -0.2) is 9.59 Å². The topological polar surface area (TPSA) is 315 Å². The molecule has 0 spiro atoms. The molecular formula is C56H80N4O18. The predicted molar refractivity (Wildman–Crippen MR) is 283 cm³/mol. The van der Waals surface area contributed by atoms with Crippen LogP contribution < -0.4 is 21.3 Å². The Hall–Kier alpha value is -7.26. The van der Waals surface area contributed by atoms with Crippen molar-refractivity contribution in [2.24, 2.45) is 23.7 Å². The van der Waals surface area contributed by atoms with Crippen LogP contribution in [0.15, 0.2) is 36.4 Å². The molecule has 2 fully saturated rings. The van der Waals surface area contributed by atoms with Crippen molar-refractivity contribution in [3.05, 3.63) is 47.5 Å². The molecule has 0 saturated carbocycles.